The van der Waals surface area contributed by atoms with Crippen molar-refractivity contribution >= 4 is 41.4 Å². The fourth-order valence-electron chi connectivity index (χ4n) is 2.35. The van der Waals surface area contributed by atoms with Crippen LogP contribution in [0, 0.1) is 0 Å². The Labute approximate surface area is 178 Å². The monoisotopic (exact) mass is 449 g/mol. The van der Waals surface area contributed by atoms with Gasteiger partial charge in [-0.3, -0.25) is 19.2 Å². The van der Waals surface area contributed by atoms with Gasteiger partial charge in [-0.1, -0.05) is 0 Å². The van der Waals surface area contributed by atoms with Crippen molar-refractivity contribution in [3.63, 3.8) is 0 Å². The van der Waals surface area contributed by atoms with Gasteiger partial charge in [-0.2, -0.15) is 11.8 Å². The predicted octanol–water partition coefficient (Wildman–Crippen LogP) is -2.16. The molecule has 0 aromatic heterocycles. The summed E-state index contributed by atoms with van der Waals surface area (Å²) in [4.78, 5) is 58.3. The normalized spacial score (nSPS) is 13.6. The van der Waals surface area contributed by atoms with Crippen LogP contribution in [0.5, 0.6) is 0 Å². The van der Waals surface area contributed by atoms with Gasteiger partial charge in [-0.05, 0) is 44.2 Å². The number of unbranched alkanes of at least 4 members (excludes halogenated alkanes) is 1. The first-order chi connectivity index (χ1) is 14.1. The highest BCUT2D eigenvalue weighted by molar-refractivity contribution is 7.98. The van der Waals surface area contributed by atoms with Gasteiger partial charge in [-0.15, -0.1) is 0 Å². The van der Waals surface area contributed by atoms with Gasteiger partial charge in [0, 0.05) is 0 Å². The van der Waals surface area contributed by atoms with Gasteiger partial charge in [-0.25, -0.2) is 4.79 Å². The molecule has 0 aliphatic rings. The number of carboxylic acid groups (broad SMARTS) is 2. The van der Waals surface area contributed by atoms with Gasteiger partial charge in [0.05, 0.1) is 19.0 Å². The summed E-state index contributed by atoms with van der Waals surface area (Å²) in [6, 6.07) is -3.44. The Balaban J connectivity index is 4.82. The van der Waals surface area contributed by atoms with Gasteiger partial charge in [0.2, 0.25) is 17.7 Å². The van der Waals surface area contributed by atoms with Crippen LogP contribution in [0.2, 0.25) is 0 Å². The number of amides is 3. The Hall–Kier alpha value is -2.38. The minimum atomic E-state index is -1.33. The van der Waals surface area contributed by atoms with Gasteiger partial charge >= 0.3 is 11.9 Å². The summed E-state index contributed by atoms with van der Waals surface area (Å²) < 4.78 is 0. The molecule has 0 saturated heterocycles. The second kappa shape index (κ2) is 15.5. The zero-order valence-electron chi connectivity index (χ0n) is 16.9. The zero-order chi connectivity index (χ0) is 23.1. The number of hydrogen-bond donors (Lipinski definition) is 7. The van der Waals surface area contributed by atoms with Crippen LogP contribution in [-0.2, 0) is 24.0 Å². The Morgan fingerprint density at radius 1 is 0.967 bits per heavy atom. The van der Waals surface area contributed by atoms with Crippen molar-refractivity contribution in [1.82, 2.24) is 16.0 Å². The molecule has 3 unspecified atom stereocenters. The van der Waals surface area contributed by atoms with Crippen molar-refractivity contribution in [2.75, 3.05) is 25.1 Å². The van der Waals surface area contributed by atoms with Crippen LogP contribution in [0.15, 0.2) is 0 Å². The van der Waals surface area contributed by atoms with Crippen LogP contribution >= 0.6 is 11.8 Å². The molecule has 0 aliphatic heterocycles. The van der Waals surface area contributed by atoms with Gasteiger partial charge in [0.15, 0.2) is 0 Å². The maximum atomic E-state index is 12.4. The molecular weight excluding hydrogens is 418 g/mol. The summed E-state index contributed by atoms with van der Waals surface area (Å²) in [6.07, 6.45) is 2.75. The van der Waals surface area contributed by atoms with Crippen LogP contribution in [-0.4, -0.2) is 83.1 Å². The topological polar surface area (TPSA) is 214 Å². The summed E-state index contributed by atoms with van der Waals surface area (Å²) in [5, 5.41) is 24.9. The Morgan fingerprint density at radius 2 is 1.63 bits per heavy atom. The van der Waals surface area contributed by atoms with Gasteiger partial charge in [0.1, 0.15) is 12.1 Å². The second-order valence-electron chi connectivity index (χ2n) is 6.51. The number of rotatable bonds is 16. The van der Waals surface area contributed by atoms with E-state index in [1.165, 1.54) is 11.8 Å². The highest BCUT2D eigenvalue weighted by Crippen LogP contribution is 2.03. The fourth-order valence-corrected chi connectivity index (χ4v) is 2.82. The molecule has 9 N–H and O–H groups in total. The minimum Gasteiger partial charge on any atom is -0.481 e. The molecule has 3 atom stereocenters. The molecule has 0 spiro atoms. The third-order valence-electron chi connectivity index (χ3n) is 3.98. The molecule has 30 heavy (non-hydrogen) atoms. The van der Waals surface area contributed by atoms with E-state index in [1.807, 2.05) is 6.26 Å². The fraction of sp³-hybridized carbons (Fsp3) is 0.706. The van der Waals surface area contributed by atoms with Crippen molar-refractivity contribution in [3.05, 3.63) is 0 Å². The van der Waals surface area contributed by atoms with E-state index in [0.29, 0.717) is 25.1 Å². The Bertz CT molecular complexity index is 605. The average Bonchev–Trinajstić information content (AvgIpc) is 2.67. The van der Waals surface area contributed by atoms with E-state index in [9.17, 15) is 24.0 Å². The number of nitrogens with one attached hydrogen (secondary N) is 3. The van der Waals surface area contributed by atoms with E-state index in [1.54, 1.807) is 0 Å². The smallest absolute Gasteiger partial charge is 0.326 e. The molecule has 0 heterocycles. The van der Waals surface area contributed by atoms with Gasteiger partial charge < -0.3 is 37.6 Å². The molecule has 0 radical (unpaired) electrons. The van der Waals surface area contributed by atoms with Crippen LogP contribution in [0.1, 0.15) is 32.1 Å². The minimum absolute atomic E-state index is 0.210. The average molecular weight is 450 g/mol. The molecule has 3 amide bonds. The van der Waals surface area contributed by atoms with Crippen LogP contribution in [0.3, 0.4) is 0 Å². The lowest BCUT2D eigenvalue weighted by atomic mass is 10.1. The molecule has 0 aromatic rings. The van der Waals surface area contributed by atoms with Crippen molar-refractivity contribution < 1.29 is 34.2 Å². The molecule has 0 bridgehead atoms. The standard InChI is InChI=1S/C17H31N5O7S/c1-30-7-5-12(17(28)29)21-13(23)9-20-16(27)11(4-2-3-6-18)22-15(26)10(19)8-14(24)25/h10-12H,2-9,18-19H2,1H3,(H,20,27)(H,21,23)(H,22,26)(H,24,25)(H,28,29). The number of nitrogens with two attached hydrogens (primary N) is 2. The number of thioether (sulfide) groups is 1. The van der Waals surface area contributed by atoms with E-state index in [-0.39, 0.29) is 12.8 Å². The van der Waals surface area contributed by atoms with Crippen molar-refractivity contribution in [2.45, 2.75) is 50.2 Å². The lowest BCUT2D eigenvalue weighted by molar-refractivity contribution is -0.141. The molecule has 0 aromatic carbocycles. The summed E-state index contributed by atoms with van der Waals surface area (Å²) in [5.74, 6) is -4.07. The maximum absolute atomic E-state index is 12.4. The summed E-state index contributed by atoms with van der Waals surface area (Å²) in [6.45, 7) is -0.0951. The quantitative estimate of drug-likeness (QED) is 0.127. The van der Waals surface area contributed by atoms with Crippen LogP contribution in [0.25, 0.3) is 0 Å². The third kappa shape index (κ3) is 12.2. The van der Waals surface area contributed by atoms with Gasteiger partial charge in [0.25, 0.3) is 0 Å². The van der Waals surface area contributed by atoms with Crippen molar-refractivity contribution in [3.8, 4) is 0 Å². The lowest BCUT2D eigenvalue weighted by Crippen LogP contribution is -2.53. The molecule has 0 aliphatic carbocycles. The first-order valence-electron chi connectivity index (χ1n) is 9.39. The highest BCUT2D eigenvalue weighted by Gasteiger charge is 2.25. The molecular formula is C17H31N5O7S. The number of carbonyl (C=O) groups is 5. The second-order valence-corrected chi connectivity index (χ2v) is 7.49. The highest BCUT2D eigenvalue weighted by atomic mass is 32.2. The molecule has 0 saturated carbocycles. The SMILES string of the molecule is CSCCC(NC(=O)CNC(=O)C(CCCCN)NC(=O)C(N)CC(=O)O)C(=O)O. The van der Waals surface area contributed by atoms with E-state index < -0.39 is 60.8 Å². The van der Waals surface area contributed by atoms with E-state index >= 15 is 0 Å². The van der Waals surface area contributed by atoms with E-state index in [2.05, 4.69) is 16.0 Å². The Morgan fingerprint density at radius 3 is 2.17 bits per heavy atom. The molecule has 13 heteroatoms. The zero-order valence-corrected chi connectivity index (χ0v) is 17.7. The molecule has 12 nitrogen and oxygen atoms in total. The number of hydrogen-bond acceptors (Lipinski definition) is 8. The summed E-state index contributed by atoms with van der Waals surface area (Å²) in [5.41, 5.74) is 10.9. The van der Waals surface area contributed by atoms with Crippen molar-refractivity contribution in [2.24, 2.45) is 11.5 Å². The van der Waals surface area contributed by atoms with E-state index in [4.69, 9.17) is 21.7 Å². The summed E-state index contributed by atoms with van der Waals surface area (Å²) >= 11 is 1.44. The Kier molecular flexibility index (Phi) is 14.2. The first kappa shape index (κ1) is 27.6. The lowest BCUT2D eigenvalue weighted by Gasteiger charge is -2.20. The number of aliphatic carboxylic acids is 2. The third-order valence-corrected chi connectivity index (χ3v) is 4.62. The van der Waals surface area contributed by atoms with Crippen LogP contribution < -0.4 is 27.4 Å². The first-order valence-corrected chi connectivity index (χ1v) is 10.8. The predicted molar refractivity (Wildman–Crippen MR) is 111 cm³/mol. The summed E-state index contributed by atoms with van der Waals surface area (Å²) in [7, 11) is 0. The van der Waals surface area contributed by atoms with E-state index in [0.717, 1.165) is 0 Å². The largest absolute Gasteiger partial charge is 0.481 e. The maximum Gasteiger partial charge on any atom is 0.326 e. The molecule has 0 rings (SSSR count). The van der Waals surface area contributed by atoms with Crippen molar-refractivity contribution in [1.29, 1.82) is 0 Å². The number of carbonyl (C=O) groups excluding carboxylic acids is 3. The number of carboxylic acids is 2. The molecule has 0 fully saturated rings. The van der Waals surface area contributed by atoms with Crippen LogP contribution in [0.4, 0.5) is 0 Å². The molecule has 172 valence electrons.